The third-order valence-corrected chi connectivity index (χ3v) is 3.42. The molecule has 0 aliphatic heterocycles. The molecule has 1 aromatic heterocycles. The molecular weight excluding hydrogens is 272 g/mol. The van der Waals surface area contributed by atoms with E-state index in [1.165, 1.54) is 6.08 Å². The van der Waals surface area contributed by atoms with E-state index in [2.05, 4.69) is 0 Å². The van der Waals surface area contributed by atoms with Crippen LogP contribution in [0.1, 0.15) is 21.7 Å². The molecule has 3 rings (SSSR count). The zero-order chi connectivity index (χ0) is 15.4. The minimum atomic E-state index is -0.0299. The maximum absolute atomic E-state index is 12.1. The van der Waals surface area contributed by atoms with Gasteiger partial charge < -0.3 is 4.42 Å². The number of aryl methyl sites for hydroxylation is 1. The number of carbonyl (C=O) groups is 1. The first-order valence-corrected chi connectivity index (χ1v) is 7.17. The van der Waals surface area contributed by atoms with Crippen LogP contribution >= 0.6 is 0 Å². The van der Waals surface area contributed by atoms with Crippen LogP contribution < -0.4 is 0 Å². The van der Waals surface area contributed by atoms with Crippen molar-refractivity contribution in [1.29, 1.82) is 0 Å². The summed E-state index contributed by atoms with van der Waals surface area (Å²) in [6, 6.07) is 21.2. The zero-order valence-electron chi connectivity index (χ0n) is 12.3. The highest BCUT2D eigenvalue weighted by Crippen LogP contribution is 2.22. The van der Waals surface area contributed by atoms with Crippen LogP contribution in [0.25, 0.3) is 17.4 Å². The lowest BCUT2D eigenvalue weighted by molar-refractivity contribution is 0.104. The first-order valence-electron chi connectivity index (χ1n) is 7.17. The second-order valence-corrected chi connectivity index (χ2v) is 5.13. The Kier molecular flexibility index (Phi) is 4.01. The van der Waals surface area contributed by atoms with Crippen LogP contribution in [0.4, 0.5) is 0 Å². The number of rotatable bonds is 4. The third-order valence-electron chi connectivity index (χ3n) is 3.42. The Morgan fingerprint density at radius 3 is 2.36 bits per heavy atom. The fourth-order valence-corrected chi connectivity index (χ4v) is 2.17. The van der Waals surface area contributed by atoms with E-state index in [9.17, 15) is 4.79 Å². The summed E-state index contributed by atoms with van der Waals surface area (Å²) in [6.45, 7) is 2.00. The molecule has 0 atom stereocenters. The van der Waals surface area contributed by atoms with Crippen LogP contribution in [-0.4, -0.2) is 5.78 Å². The highest BCUT2D eigenvalue weighted by atomic mass is 16.3. The summed E-state index contributed by atoms with van der Waals surface area (Å²) in [4.78, 5) is 12.1. The lowest BCUT2D eigenvalue weighted by Crippen LogP contribution is -1.93. The molecule has 2 nitrogen and oxygen atoms in total. The molecule has 0 unspecified atom stereocenters. The molecule has 0 saturated heterocycles. The summed E-state index contributed by atoms with van der Waals surface area (Å²) in [5.41, 5.74) is 2.84. The van der Waals surface area contributed by atoms with Gasteiger partial charge in [-0.1, -0.05) is 60.2 Å². The number of hydrogen-bond acceptors (Lipinski definition) is 2. The molecular formula is C20H16O2. The van der Waals surface area contributed by atoms with Crippen LogP contribution in [0, 0.1) is 6.92 Å². The van der Waals surface area contributed by atoms with E-state index in [1.807, 2.05) is 73.7 Å². The second-order valence-electron chi connectivity index (χ2n) is 5.13. The van der Waals surface area contributed by atoms with Crippen LogP contribution in [0.15, 0.2) is 77.2 Å². The molecule has 0 aliphatic carbocycles. The molecule has 0 amide bonds. The Labute approximate surface area is 129 Å². The molecule has 0 N–H and O–H groups in total. The van der Waals surface area contributed by atoms with Gasteiger partial charge in [-0.15, -0.1) is 0 Å². The summed E-state index contributed by atoms with van der Waals surface area (Å²) < 4.78 is 5.74. The standard InChI is InChI=1S/C20H16O2/c1-15-7-9-16(10-8-15)19(21)13-11-18-12-14-20(22-18)17-5-3-2-4-6-17/h2-14H,1H3/b13-11+. The van der Waals surface area contributed by atoms with E-state index in [1.54, 1.807) is 6.08 Å². The monoisotopic (exact) mass is 288 g/mol. The van der Waals surface area contributed by atoms with E-state index in [0.717, 1.165) is 16.9 Å². The minimum Gasteiger partial charge on any atom is -0.457 e. The number of carbonyl (C=O) groups excluding carboxylic acids is 1. The molecule has 0 saturated carbocycles. The van der Waals surface area contributed by atoms with E-state index in [0.29, 0.717) is 11.3 Å². The summed E-state index contributed by atoms with van der Waals surface area (Å²) in [5.74, 6) is 1.43. The maximum Gasteiger partial charge on any atom is 0.185 e. The van der Waals surface area contributed by atoms with Gasteiger partial charge in [0.05, 0.1) is 0 Å². The van der Waals surface area contributed by atoms with Crippen molar-refractivity contribution < 1.29 is 9.21 Å². The fraction of sp³-hybridized carbons (Fsp3) is 0.0500. The molecule has 0 radical (unpaired) electrons. The third kappa shape index (κ3) is 3.23. The van der Waals surface area contributed by atoms with Gasteiger partial charge in [-0.2, -0.15) is 0 Å². The molecule has 1 heterocycles. The minimum absolute atomic E-state index is 0.0299. The topological polar surface area (TPSA) is 30.2 Å². The van der Waals surface area contributed by atoms with Gasteiger partial charge in [-0.25, -0.2) is 0 Å². The summed E-state index contributed by atoms with van der Waals surface area (Å²) >= 11 is 0. The molecule has 0 spiro atoms. The first kappa shape index (κ1) is 14.1. The molecule has 22 heavy (non-hydrogen) atoms. The van der Waals surface area contributed by atoms with Crippen molar-refractivity contribution in [2.45, 2.75) is 6.92 Å². The van der Waals surface area contributed by atoms with E-state index >= 15 is 0 Å². The average Bonchev–Trinajstić information content (AvgIpc) is 3.03. The van der Waals surface area contributed by atoms with Crippen molar-refractivity contribution in [1.82, 2.24) is 0 Å². The molecule has 0 fully saturated rings. The van der Waals surface area contributed by atoms with Gasteiger partial charge in [0.15, 0.2) is 5.78 Å². The van der Waals surface area contributed by atoms with Gasteiger partial charge in [0.1, 0.15) is 11.5 Å². The predicted molar refractivity (Wildman–Crippen MR) is 88.7 cm³/mol. The van der Waals surface area contributed by atoms with Crippen molar-refractivity contribution in [2.24, 2.45) is 0 Å². The molecule has 0 aliphatic rings. The van der Waals surface area contributed by atoms with Gasteiger partial charge in [-0.3, -0.25) is 4.79 Å². The van der Waals surface area contributed by atoms with Gasteiger partial charge in [-0.05, 0) is 31.2 Å². The summed E-state index contributed by atoms with van der Waals surface area (Å²) in [6.07, 6.45) is 3.24. The predicted octanol–water partition coefficient (Wildman–Crippen LogP) is 5.15. The Morgan fingerprint density at radius 1 is 0.909 bits per heavy atom. The normalized spacial score (nSPS) is 11.0. The quantitative estimate of drug-likeness (QED) is 0.491. The maximum atomic E-state index is 12.1. The van der Waals surface area contributed by atoms with Crippen LogP contribution in [0.5, 0.6) is 0 Å². The van der Waals surface area contributed by atoms with Crippen LogP contribution in [-0.2, 0) is 0 Å². The Bertz CT molecular complexity index is 793. The Balaban J connectivity index is 1.75. The van der Waals surface area contributed by atoms with E-state index in [-0.39, 0.29) is 5.78 Å². The van der Waals surface area contributed by atoms with Gasteiger partial charge in [0.2, 0.25) is 0 Å². The Morgan fingerprint density at radius 2 is 1.64 bits per heavy atom. The SMILES string of the molecule is Cc1ccc(C(=O)/C=C/c2ccc(-c3ccccc3)o2)cc1. The van der Waals surface area contributed by atoms with Crippen molar-refractivity contribution >= 4 is 11.9 Å². The van der Waals surface area contributed by atoms with Gasteiger partial charge in [0, 0.05) is 11.1 Å². The molecule has 108 valence electrons. The van der Waals surface area contributed by atoms with Crippen LogP contribution in [0.3, 0.4) is 0 Å². The Hall–Kier alpha value is -2.87. The lowest BCUT2D eigenvalue weighted by Gasteiger charge is -1.96. The summed E-state index contributed by atoms with van der Waals surface area (Å²) in [7, 11) is 0. The van der Waals surface area contributed by atoms with E-state index in [4.69, 9.17) is 4.42 Å². The van der Waals surface area contributed by atoms with Crippen molar-refractivity contribution in [3.63, 3.8) is 0 Å². The highest BCUT2D eigenvalue weighted by molar-refractivity contribution is 6.06. The number of hydrogen-bond donors (Lipinski definition) is 0. The summed E-state index contributed by atoms with van der Waals surface area (Å²) in [5, 5.41) is 0. The molecule has 3 aromatic rings. The lowest BCUT2D eigenvalue weighted by atomic mass is 10.1. The smallest absolute Gasteiger partial charge is 0.185 e. The second kappa shape index (κ2) is 6.27. The number of furan rings is 1. The fourth-order valence-electron chi connectivity index (χ4n) is 2.17. The van der Waals surface area contributed by atoms with Gasteiger partial charge in [0.25, 0.3) is 0 Å². The van der Waals surface area contributed by atoms with Gasteiger partial charge >= 0.3 is 0 Å². The first-order chi connectivity index (χ1) is 10.7. The number of ketones is 1. The number of benzene rings is 2. The van der Waals surface area contributed by atoms with Crippen molar-refractivity contribution in [2.75, 3.05) is 0 Å². The van der Waals surface area contributed by atoms with E-state index < -0.39 is 0 Å². The zero-order valence-corrected chi connectivity index (χ0v) is 12.3. The van der Waals surface area contributed by atoms with Crippen molar-refractivity contribution in [3.05, 3.63) is 89.7 Å². The van der Waals surface area contributed by atoms with Crippen LogP contribution in [0.2, 0.25) is 0 Å². The van der Waals surface area contributed by atoms with Crippen molar-refractivity contribution in [3.8, 4) is 11.3 Å². The number of allylic oxidation sites excluding steroid dienone is 1. The largest absolute Gasteiger partial charge is 0.457 e. The average molecular weight is 288 g/mol. The molecule has 2 aromatic carbocycles. The molecule has 2 heteroatoms. The highest BCUT2D eigenvalue weighted by Gasteiger charge is 2.04. The molecule has 0 bridgehead atoms.